The molecular weight excluding hydrogens is 1090 g/mol. The van der Waals surface area contributed by atoms with E-state index in [1.165, 1.54) is 111 Å². The van der Waals surface area contributed by atoms with Crippen LogP contribution in [0.5, 0.6) is 0 Å². The summed E-state index contributed by atoms with van der Waals surface area (Å²) in [6.45, 7) is 46.9. The first-order chi connectivity index (χ1) is 45.8. The summed E-state index contributed by atoms with van der Waals surface area (Å²) < 4.78 is 58.3. The predicted molar refractivity (Wildman–Crippen MR) is 412 cm³/mol. The average Bonchev–Trinajstić information content (AvgIpc) is 0.823. The maximum absolute atomic E-state index is 7.34. The molecule has 11 aromatic carbocycles. The quantitative estimate of drug-likeness (QED) is 0.142. The van der Waals surface area contributed by atoms with Gasteiger partial charge in [0.2, 0.25) is 0 Å². The first-order valence-electron chi connectivity index (χ1n) is 36.1. The number of aryl methyl sites for hydroxylation is 20. The van der Waals surface area contributed by atoms with Crippen molar-refractivity contribution in [1.29, 1.82) is 0 Å². The van der Waals surface area contributed by atoms with E-state index in [0.717, 1.165) is 27.8 Å². The summed E-state index contributed by atoms with van der Waals surface area (Å²) in [6, 6.07) is 73.1. The van der Waals surface area contributed by atoms with Crippen LogP contribution in [0, 0.1) is 165 Å². The highest BCUT2D eigenvalue weighted by molar-refractivity contribution is 5.85. The summed E-state index contributed by atoms with van der Waals surface area (Å²) in [4.78, 5) is 0. The molecule has 91 heavy (non-hydrogen) atoms. The predicted octanol–water partition coefficient (Wildman–Crippen LogP) is 27.0. The maximum Gasteiger partial charge on any atom is 0.0280 e. The molecule has 0 bridgehead atoms. The summed E-state index contributed by atoms with van der Waals surface area (Å²) in [6.07, 6.45) is -1.06. The van der Waals surface area contributed by atoms with E-state index >= 15 is 0 Å². The van der Waals surface area contributed by atoms with Gasteiger partial charge in [-0.05, 0) is 275 Å². The highest BCUT2D eigenvalue weighted by Crippen LogP contribution is 2.20. The lowest BCUT2D eigenvalue weighted by Gasteiger charge is -2.12. The molecule has 0 spiro atoms. The Morgan fingerprint density at radius 3 is 0.945 bits per heavy atom. The summed E-state index contributed by atoms with van der Waals surface area (Å²) in [7, 11) is 0. The highest BCUT2D eigenvalue weighted by Gasteiger charge is 2.03. The second-order valence-electron chi connectivity index (χ2n) is 25.6. The summed E-state index contributed by atoms with van der Waals surface area (Å²) >= 11 is 0. The fraction of sp³-hybridized carbons (Fsp3) is 0.319. The molecule has 11 aromatic rings. The Kier molecular flexibility index (Phi) is 29.4. The first-order valence-corrected chi connectivity index (χ1v) is 32.1. The molecule has 0 nitrogen and oxygen atoms in total. The highest BCUT2D eigenvalue weighted by atomic mass is 14.1. The van der Waals surface area contributed by atoms with Crippen molar-refractivity contribution in [3.05, 3.63) is 340 Å². The smallest absolute Gasteiger partial charge is 0.0280 e. The van der Waals surface area contributed by atoms with Crippen molar-refractivity contribution in [1.82, 2.24) is 0 Å². The van der Waals surface area contributed by atoms with E-state index in [4.69, 9.17) is 11.0 Å². The zero-order valence-corrected chi connectivity index (χ0v) is 60.7. The van der Waals surface area contributed by atoms with E-state index < -0.39 is 20.1 Å². The van der Waals surface area contributed by atoms with Crippen LogP contribution in [0.4, 0.5) is 0 Å². The normalized spacial score (nSPS) is 11.7. The number of hydrogen-bond donors (Lipinski definition) is 0. The van der Waals surface area contributed by atoms with Gasteiger partial charge in [-0.1, -0.05) is 285 Å². The van der Waals surface area contributed by atoms with Gasteiger partial charge in [-0.2, -0.15) is 0 Å². The Labute approximate surface area is 568 Å². The van der Waals surface area contributed by atoms with E-state index in [1.807, 2.05) is 67.5 Å². The number of fused-ring (bicyclic) bond motifs is 2. The molecule has 0 fully saturated rings. The van der Waals surface area contributed by atoms with Crippen molar-refractivity contribution < 1.29 is 11.0 Å². The average molecular weight is 1220 g/mol. The van der Waals surface area contributed by atoms with Crippen molar-refractivity contribution in [2.24, 2.45) is 5.41 Å². The van der Waals surface area contributed by atoms with Crippen LogP contribution in [0.2, 0.25) is 0 Å². The van der Waals surface area contributed by atoms with Gasteiger partial charge in [-0.25, -0.2) is 0 Å². The summed E-state index contributed by atoms with van der Waals surface area (Å²) in [5, 5.41) is 5.33. The molecule has 0 aromatic heterocycles. The van der Waals surface area contributed by atoms with Crippen molar-refractivity contribution >= 4 is 21.5 Å². The topological polar surface area (TPSA) is 0 Å². The van der Waals surface area contributed by atoms with E-state index in [-0.39, 0.29) is 5.41 Å². The molecule has 0 amide bonds. The van der Waals surface area contributed by atoms with E-state index in [1.54, 1.807) is 25.1 Å². The molecule has 0 radical (unpaired) electrons. The van der Waals surface area contributed by atoms with Crippen LogP contribution in [0.25, 0.3) is 21.5 Å². The molecule has 0 atom stereocenters. The van der Waals surface area contributed by atoms with Crippen molar-refractivity contribution in [3.8, 4) is 0 Å². The van der Waals surface area contributed by atoms with Gasteiger partial charge < -0.3 is 0 Å². The minimum atomic E-state index is -1.99. The maximum atomic E-state index is 7.34. The van der Waals surface area contributed by atoms with Crippen LogP contribution in [0.15, 0.2) is 212 Å². The van der Waals surface area contributed by atoms with Gasteiger partial charge in [-0.15, -0.1) is 0 Å². The van der Waals surface area contributed by atoms with Crippen molar-refractivity contribution in [2.45, 2.75) is 193 Å². The van der Waals surface area contributed by atoms with Gasteiger partial charge >= 0.3 is 0 Å². The second kappa shape index (κ2) is 40.6. The van der Waals surface area contributed by atoms with E-state index in [9.17, 15) is 0 Å². The van der Waals surface area contributed by atoms with Crippen LogP contribution >= 0.6 is 0 Å². The molecule has 0 aliphatic carbocycles. The van der Waals surface area contributed by atoms with Gasteiger partial charge in [0.05, 0.1) is 0 Å². The molecule has 0 unspecified atom stereocenters. The zero-order chi connectivity index (χ0) is 75.3. The van der Waals surface area contributed by atoms with Gasteiger partial charge in [0, 0.05) is 11.0 Å². The zero-order valence-electron chi connectivity index (χ0n) is 68.7. The lowest BCUT2D eigenvalue weighted by molar-refractivity contribution is 0.398. The summed E-state index contributed by atoms with van der Waals surface area (Å²) in [5.74, 6) is 0. The molecule has 0 aliphatic rings. The Morgan fingerprint density at radius 2 is 0.538 bits per heavy atom. The molecule has 0 saturated heterocycles. The molecule has 0 heterocycles. The molecule has 0 saturated carbocycles. The molecule has 11 rings (SSSR count). The first kappa shape index (κ1) is 65.9. The minimum Gasteiger partial charge on any atom is -0.0649 e. The van der Waals surface area contributed by atoms with Crippen LogP contribution in [-0.4, -0.2) is 0 Å². The van der Waals surface area contributed by atoms with Crippen LogP contribution in [0.1, 0.15) is 173 Å². The SMILES string of the molecule is Cc1cc(C)c(C)c(C)c1.Cc1ccc(C)c(C)c1.Cc1ccc(C)c(C)c1.Cc1ccc(C)cc1.Cc1ccc2ccccc2c1.Cc1cccc2ccccc12.Cc1ccccc1C.[2H]C([2H])(C)C(C)(C)C.[2H]C([2H])([2H])c1cc(C)cc(C)c1C.[2H]C([2H])([2H])c1cccc(C)c1C. The van der Waals surface area contributed by atoms with Crippen LogP contribution < -0.4 is 0 Å². The fourth-order valence-electron chi connectivity index (χ4n) is 8.82. The minimum absolute atomic E-state index is 0.229. The third-order valence-electron chi connectivity index (χ3n) is 16.1. The third-order valence-corrected chi connectivity index (χ3v) is 16.1. The Hall–Kier alpha value is -8.06. The molecule has 482 valence electrons. The Bertz CT molecular complexity index is 4100. The van der Waals surface area contributed by atoms with Crippen LogP contribution in [0.3, 0.4) is 0 Å². The monoisotopic (exact) mass is 1220 g/mol. The number of benzene rings is 11. The molecular formula is C91H118. The summed E-state index contributed by atoms with van der Waals surface area (Å²) in [5.41, 5.74) is 27.4. The van der Waals surface area contributed by atoms with E-state index in [2.05, 4.69) is 293 Å². The standard InChI is InChI=1S/2C11H10.2C10H14.3C9H12.2C8H10.C6H14/c1-9-5-4-7-10-6-2-3-8-11(9)10;1-9-6-7-10-4-2-3-5-11(10)8-9;2*1-7-5-8(2)10(4)9(3)6-7;2*1-7-4-5-8(2)9(3)6-7;1-7-5-4-6-8(2)9(7)3;1-7-3-5-8(2)6-4-7;1-7-5-3-4-6-8(7)2;1-5-6(2,3)4/h2*2-8H,1H3;2*5-6H,1-4H3;3*4-6H,1-3H3;2*3-6H,1-2H3;5H2,1-4H3/i;;2D3;;;;1D3;;;5D2. The Balaban J connectivity index is 0.000000376. The van der Waals surface area contributed by atoms with Gasteiger partial charge in [0.15, 0.2) is 0 Å². The van der Waals surface area contributed by atoms with Gasteiger partial charge in [-0.3, -0.25) is 0 Å². The Morgan fingerprint density at radius 1 is 0.242 bits per heavy atom. The largest absolute Gasteiger partial charge is 0.0649 e. The van der Waals surface area contributed by atoms with Crippen molar-refractivity contribution in [3.63, 3.8) is 0 Å². The van der Waals surface area contributed by atoms with Gasteiger partial charge in [0.25, 0.3) is 0 Å². The molecule has 0 N–H and O–H groups in total. The van der Waals surface area contributed by atoms with Crippen LogP contribution in [-0.2, 0) is 0 Å². The number of hydrogen-bond acceptors (Lipinski definition) is 0. The number of rotatable bonds is 0. The second-order valence-corrected chi connectivity index (χ2v) is 25.6. The van der Waals surface area contributed by atoms with E-state index in [0.29, 0.717) is 11.1 Å². The molecule has 0 heteroatoms. The third kappa shape index (κ3) is 31.5. The molecule has 0 aliphatic heterocycles. The lowest BCUT2D eigenvalue weighted by Crippen LogP contribution is -2.00. The lowest BCUT2D eigenvalue weighted by atomic mass is 9.94. The van der Waals surface area contributed by atoms with Crippen molar-refractivity contribution in [2.75, 3.05) is 0 Å². The fourth-order valence-corrected chi connectivity index (χ4v) is 8.82. The van der Waals surface area contributed by atoms with Gasteiger partial charge in [0.1, 0.15) is 0 Å².